The molecule has 3 aromatic rings. The van der Waals surface area contributed by atoms with Gasteiger partial charge in [0.1, 0.15) is 17.1 Å². The first-order valence-electron chi connectivity index (χ1n) is 8.98. The fourth-order valence-corrected chi connectivity index (χ4v) is 2.66. The molecule has 152 valence electrons. The summed E-state index contributed by atoms with van der Waals surface area (Å²) in [5.74, 6) is 0.606. The molecular formula is C21H21F3N4O. The highest BCUT2D eigenvalue weighted by atomic mass is 19.4. The highest BCUT2D eigenvalue weighted by molar-refractivity contribution is 5.64. The maximum Gasteiger partial charge on any atom is 0.421 e. The number of hydrogen-bond donors (Lipinski definition) is 2. The standard InChI is InChI=1S/C21H21F3N4O/c1-13(2)14-7-9-15(10-8-14)27-20-25-12-18(21(22,23)24)19(28-20)26-16-5-4-6-17(11-16)29-3/h4-13H,1-3H3,(H2,25,26,27,28). The quantitative estimate of drug-likeness (QED) is 0.521. The Morgan fingerprint density at radius 1 is 0.966 bits per heavy atom. The molecule has 8 heteroatoms. The molecular weight excluding hydrogens is 381 g/mol. The lowest BCUT2D eigenvalue weighted by molar-refractivity contribution is -0.137. The molecule has 0 radical (unpaired) electrons. The molecule has 0 saturated heterocycles. The fraction of sp³-hybridized carbons (Fsp3) is 0.238. The van der Waals surface area contributed by atoms with E-state index >= 15 is 0 Å². The van der Waals surface area contributed by atoms with Gasteiger partial charge in [0.25, 0.3) is 0 Å². The SMILES string of the molecule is COc1cccc(Nc2nc(Nc3ccc(C(C)C)cc3)ncc2C(F)(F)F)c1. The molecule has 1 heterocycles. The maximum atomic E-state index is 13.4. The van der Waals surface area contributed by atoms with E-state index in [0.29, 0.717) is 23.0 Å². The summed E-state index contributed by atoms with van der Waals surface area (Å²) < 4.78 is 45.3. The number of methoxy groups -OCH3 is 1. The Balaban J connectivity index is 1.90. The van der Waals surface area contributed by atoms with Gasteiger partial charge in [-0.05, 0) is 35.7 Å². The van der Waals surface area contributed by atoms with Crippen LogP contribution in [0.3, 0.4) is 0 Å². The van der Waals surface area contributed by atoms with Crippen LogP contribution in [0.4, 0.5) is 36.3 Å². The number of hydrogen-bond acceptors (Lipinski definition) is 5. The average molecular weight is 402 g/mol. The van der Waals surface area contributed by atoms with Crippen LogP contribution in [0.15, 0.2) is 54.7 Å². The van der Waals surface area contributed by atoms with Gasteiger partial charge in [-0.3, -0.25) is 0 Å². The Labute approximate surface area is 167 Å². The Hall–Kier alpha value is -3.29. The van der Waals surface area contributed by atoms with Crippen molar-refractivity contribution in [2.45, 2.75) is 25.9 Å². The van der Waals surface area contributed by atoms with Gasteiger partial charge in [0, 0.05) is 23.6 Å². The van der Waals surface area contributed by atoms with Crippen LogP contribution in [0.25, 0.3) is 0 Å². The highest BCUT2D eigenvalue weighted by Gasteiger charge is 2.35. The summed E-state index contributed by atoms with van der Waals surface area (Å²) >= 11 is 0. The predicted molar refractivity (Wildman–Crippen MR) is 107 cm³/mol. The second kappa shape index (κ2) is 8.38. The van der Waals surface area contributed by atoms with Crippen molar-refractivity contribution in [1.29, 1.82) is 0 Å². The Bertz CT molecular complexity index is 972. The van der Waals surface area contributed by atoms with Gasteiger partial charge < -0.3 is 15.4 Å². The minimum absolute atomic E-state index is 0.0562. The van der Waals surface area contributed by atoms with E-state index in [1.54, 1.807) is 24.3 Å². The van der Waals surface area contributed by atoms with Crippen molar-refractivity contribution < 1.29 is 17.9 Å². The van der Waals surface area contributed by atoms with Crippen LogP contribution in [0.5, 0.6) is 5.75 Å². The number of benzene rings is 2. The third kappa shape index (κ3) is 5.16. The Morgan fingerprint density at radius 2 is 1.69 bits per heavy atom. The van der Waals surface area contributed by atoms with E-state index in [-0.39, 0.29) is 11.8 Å². The zero-order chi connectivity index (χ0) is 21.0. The summed E-state index contributed by atoms with van der Waals surface area (Å²) in [4.78, 5) is 7.88. The van der Waals surface area contributed by atoms with Crippen molar-refractivity contribution in [3.05, 3.63) is 65.9 Å². The Morgan fingerprint density at radius 3 is 2.31 bits per heavy atom. The molecule has 0 aliphatic rings. The van der Waals surface area contributed by atoms with Gasteiger partial charge in [0.05, 0.1) is 7.11 Å². The lowest BCUT2D eigenvalue weighted by atomic mass is 10.0. The second-order valence-corrected chi connectivity index (χ2v) is 6.71. The minimum atomic E-state index is -4.60. The van der Waals surface area contributed by atoms with Gasteiger partial charge in [-0.1, -0.05) is 32.0 Å². The lowest BCUT2D eigenvalue weighted by Gasteiger charge is -2.15. The van der Waals surface area contributed by atoms with E-state index < -0.39 is 11.7 Å². The largest absolute Gasteiger partial charge is 0.497 e. The molecule has 3 rings (SSSR count). The van der Waals surface area contributed by atoms with Crippen molar-refractivity contribution >= 4 is 23.1 Å². The smallest absolute Gasteiger partial charge is 0.421 e. The van der Waals surface area contributed by atoms with E-state index in [9.17, 15) is 13.2 Å². The number of nitrogens with zero attached hydrogens (tertiary/aromatic N) is 2. The van der Waals surface area contributed by atoms with E-state index in [1.807, 2.05) is 24.3 Å². The summed E-state index contributed by atoms with van der Waals surface area (Å²) in [6.45, 7) is 4.16. The van der Waals surface area contributed by atoms with Crippen LogP contribution in [0.1, 0.15) is 30.9 Å². The zero-order valence-electron chi connectivity index (χ0n) is 16.2. The number of halogens is 3. The molecule has 0 aliphatic heterocycles. The maximum absolute atomic E-state index is 13.4. The zero-order valence-corrected chi connectivity index (χ0v) is 16.2. The number of aromatic nitrogens is 2. The Kier molecular flexibility index (Phi) is 5.91. The summed E-state index contributed by atoms with van der Waals surface area (Å²) in [5.41, 5.74) is 1.30. The van der Waals surface area contributed by atoms with E-state index in [0.717, 1.165) is 11.8 Å². The van der Waals surface area contributed by atoms with Crippen LogP contribution in [-0.4, -0.2) is 17.1 Å². The van der Waals surface area contributed by atoms with Crippen molar-refractivity contribution in [3.8, 4) is 5.75 Å². The van der Waals surface area contributed by atoms with Crippen LogP contribution in [0, 0.1) is 0 Å². The summed E-state index contributed by atoms with van der Waals surface area (Å²) in [5, 5.41) is 5.66. The molecule has 2 N–H and O–H groups in total. The van der Waals surface area contributed by atoms with Crippen LogP contribution >= 0.6 is 0 Å². The first-order chi connectivity index (χ1) is 13.8. The molecule has 0 atom stereocenters. The molecule has 2 aromatic carbocycles. The van der Waals surface area contributed by atoms with Gasteiger partial charge in [0.2, 0.25) is 5.95 Å². The summed E-state index contributed by atoms with van der Waals surface area (Å²) in [6, 6.07) is 14.2. The summed E-state index contributed by atoms with van der Waals surface area (Å²) in [7, 11) is 1.48. The number of ether oxygens (including phenoxy) is 1. The van der Waals surface area contributed by atoms with Crippen LogP contribution in [-0.2, 0) is 6.18 Å². The number of anilines is 4. The topological polar surface area (TPSA) is 59.1 Å². The highest BCUT2D eigenvalue weighted by Crippen LogP contribution is 2.35. The number of rotatable bonds is 6. The van der Waals surface area contributed by atoms with Crippen molar-refractivity contribution in [2.75, 3.05) is 17.7 Å². The van der Waals surface area contributed by atoms with Gasteiger partial charge in [0.15, 0.2) is 0 Å². The molecule has 0 fully saturated rings. The fourth-order valence-electron chi connectivity index (χ4n) is 2.66. The molecule has 0 amide bonds. The third-order valence-electron chi connectivity index (χ3n) is 4.26. The molecule has 29 heavy (non-hydrogen) atoms. The van der Waals surface area contributed by atoms with Crippen LogP contribution in [0.2, 0.25) is 0 Å². The molecule has 0 spiro atoms. The molecule has 0 unspecified atom stereocenters. The van der Waals surface area contributed by atoms with Gasteiger partial charge in [-0.25, -0.2) is 4.98 Å². The minimum Gasteiger partial charge on any atom is -0.497 e. The first kappa shape index (κ1) is 20.4. The normalized spacial score (nSPS) is 11.4. The van der Waals surface area contributed by atoms with E-state index in [4.69, 9.17) is 4.74 Å². The average Bonchev–Trinajstić information content (AvgIpc) is 2.68. The lowest BCUT2D eigenvalue weighted by Crippen LogP contribution is -2.12. The molecule has 0 saturated carbocycles. The van der Waals surface area contributed by atoms with E-state index in [2.05, 4.69) is 34.4 Å². The monoisotopic (exact) mass is 402 g/mol. The second-order valence-electron chi connectivity index (χ2n) is 6.71. The number of nitrogens with one attached hydrogen (secondary N) is 2. The van der Waals surface area contributed by atoms with Crippen molar-refractivity contribution in [2.24, 2.45) is 0 Å². The summed E-state index contributed by atoms with van der Waals surface area (Å²) in [6.07, 6.45) is -3.83. The molecule has 0 bridgehead atoms. The van der Waals surface area contributed by atoms with Crippen LogP contribution < -0.4 is 15.4 Å². The number of alkyl halides is 3. The molecule has 1 aromatic heterocycles. The molecule has 5 nitrogen and oxygen atoms in total. The first-order valence-corrected chi connectivity index (χ1v) is 8.98. The van der Waals surface area contributed by atoms with E-state index in [1.165, 1.54) is 7.11 Å². The van der Waals surface area contributed by atoms with Gasteiger partial charge in [-0.2, -0.15) is 18.2 Å². The third-order valence-corrected chi connectivity index (χ3v) is 4.26. The molecule has 0 aliphatic carbocycles. The predicted octanol–water partition coefficient (Wildman–Crippen LogP) is 6.11. The van der Waals surface area contributed by atoms with Crippen molar-refractivity contribution in [3.63, 3.8) is 0 Å². The van der Waals surface area contributed by atoms with Gasteiger partial charge >= 0.3 is 6.18 Å². The van der Waals surface area contributed by atoms with Crippen molar-refractivity contribution in [1.82, 2.24) is 9.97 Å². The van der Waals surface area contributed by atoms with Gasteiger partial charge in [-0.15, -0.1) is 0 Å².